The molecule has 2 aromatic heterocycles. The van der Waals surface area contributed by atoms with Crippen LogP contribution in [-0.2, 0) is 7.05 Å². The smallest absolute Gasteiger partial charge is 0.258 e. The summed E-state index contributed by atoms with van der Waals surface area (Å²) in [5, 5.41) is 23.5. The SMILES string of the molecule is C[n+]1cc([N+](=O)[O-])cc(Cl)c1-n1cc(C#N)cn1. The molecular weight excluding hydrogens is 258 g/mol. The number of aromatic nitrogens is 3. The summed E-state index contributed by atoms with van der Waals surface area (Å²) in [6.45, 7) is 0. The number of nitro groups is 1. The molecule has 90 valence electrons. The van der Waals surface area contributed by atoms with E-state index < -0.39 is 4.92 Å². The average Bonchev–Trinajstić information content (AvgIpc) is 2.76. The molecule has 0 aliphatic rings. The number of rotatable bonds is 2. The van der Waals surface area contributed by atoms with Crippen molar-refractivity contribution in [3.63, 3.8) is 0 Å². The van der Waals surface area contributed by atoms with Crippen molar-refractivity contribution in [2.24, 2.45) is 7.05 Å². The summed E-state index contributed by atoms with van der Waals surface area (Å²) in [4.78, 5) is 10.1. The van der Waals surface area contributed by atoms with Crippen LogP contribution in [0, 0.1) is 21.4 Å². The van der Waals surface area contributed by atoms with Crippen LogP contribution in [0.5, 0.6) is 0 Å². The molecule has 18 heavy (non-hydrogen) atoms. The van der Waals surface area contributed by atoms with Gasteiger partial charge in [0.15, 0.2) is 6.20 Å². The largest absolute Gasteiger partial charge is 0.326 e. The Hall–Kier alpha value is -2.46. The van der Waals surface area contributed by atoms with Gasteiger partial charge in [-0.05, 0) is 0 Å². The van der Waals surface area contributed by atoms with Crippen molar-refractivity contribution in [1.82, 2.24) is 9.78 Å². The molecule has 0 radical (unpaired) electrons. The summed E-state index contributed by atoms with van der Waals surface area (Å²) in [6, 6.07) is 3.18. The van der Waals surface area contributed by atoms with Crippen LogP contribution in [0.25, 0.3) is 5.82 Å². The van der Waals surface area contributed by atoms with E-state index in [1.807, 2.05) is 6.07 Å². The van der Waals surface area contributed by atoms with Crippen molar-refractivity contribution in [1.29, 1.82) is 5.26 Å². The van der Waals surface area contributed by atoms with Crippen molar-refractivity contribution in [3.8, 4) is 11.9 Å². The molecule has 0 fully saturated rings. The fraction of sp³-hybridized carbons (Fsp3) is 0.100. The molecule has 0 bridgehead atoms. The second kappa shape index (κ2) is 4.43. The first-order chi connectivity index (χ1) is 8.52. The van der Waals surface area contributed by atoms with Crippen LogP contribution in [0.3, 0.4) is 0 Å². The van der Waals surface area contributed by atoms with Crippen LogP contribution in [0.2, 0.25) is 5.02 Å². The zero-order valence-electron chi connectivity index (χ0n) is 9.24. The van der Waals surface area contributed by atoms with Gasteiger partial charge in [-0.15, -0.1) is 4.68 Å². The Morgan fingerprint density at radius 2 is 2.39 bits per heavy atom. The van der Waals surface area contributed by atoms with Crippen LogP contribution < -0.4 is 4.57 Å². The molecule has 2 heterocycles. The summed E-state index contributed by atoms with van der Waals surface area (Å²) in [5.41, 5.74) is 0.267. The van der Waals surface area contributed by atoms with Crippen molar-refractivity contribution in [2.75, 3.05) is 0 Å². The van der Waals surface area contributed by atoms with Gasteiger partial charge >= 0.3 is 11.5 Å². The highest BCUT2D eigenvalue weighted by atomic mass is 35.5. The van der Waals surface area contributed by atoms with Gasteiger partial charge in [0.05, 0.1) is 18.2 Å². The van der Waals surface area contributed by atoms with Crippen molar-refractivity contribution in [2.45, 2.75) is 0 Å². The quantitative estimate of drug-likeness (QED) is 0.462. The average molecular weight is 265 g/mol. The lowest BCUT2D eigenvalue weighted by Crippen LogP contribution is -2.34. The lowest BCUT2D eigenvalue weighted by molar-refractivity contribution is -0.668. The molecule has 0 aliphatic heterocycles. The zero-order chi connectivity index (χ0) is 13.3. The van der Waals surface area contributed by atoms with Crippen molar-refractivity contribution >= 4 is 17.3 Å². The minimum Gasteiger partial charge on any atom is -0.258 e. The van der Waals surface area contributed by atoms with Gasteiger partial charge in [0.2, 0.25) is 0 Å². The third kappa shape index (κ3) is 2.01. The summed E-state index contributed by atoms with van der Waals surface area (Å²) in [5.74, 6) is 0.448. The molecule has 0 aliphatic carbocycles. The molecule has 2 rings (SSSR count). The first-order valence-corrected chi connectivity index (χ1v) is 5.19. The van der Waals surface area contributed by atoms with Gasteiger partial charge in [-0.25, -0.2) is 4.57 Å². The van der Waals surface area contributed by atoms with Crippen LogP contribution in [0.15, 0.2) is 24.7 Å². The highest BCUT2D eigenvalue weighted by Gasteiger charge is 2.22. The maximum absolute atomic E-state index is 10.7. The molecule has 0 atom stereocenters. The van der Waals surface area contributed by atoms with E-state index >= 15 is 0 Å². The number of aryl methyl sites for hydroxylation is 1. The third-order valence-corrected chi connectivity index (χ3v) is 2.57. The van der Waals surface area contributed by atoms with Crippen LogP contribution >= 0.6 is 11.6 Å². The van der Waals surface area contributed by atoms with E-state index in [1.165, 1.54) is 33.9 Å². The van der Waals surface area contributed by atoms with E-state index in [0.29, 0.717) is 11.4 Å². The van der Waals surface area contributed by atoms with Crippen LogP contribution in [0.1, 0.15) is 5.56 Å². The van der Waals surface area contributed by atoms with Crippen LogP contribution in [-0.4, -0.2) is 14.7 Å². The Morgan fingerprint density at radius 3 is 2.89 bits per heavy atom. The van der Waals surface area contributed by atoms with Gasteiger partial charge < -0.3 is 0 Å². The zero-order valence-corrected chi connectivity index (χ0v) is 10.00. The van der Waals surface area contributed by atoms with E-state index in [0.717, 1.165) is 0 Å². The Labute approximate surface area is 107 Å². The highest BCUT2D eigenvalue weighted by Crippen LogP contribution is 2.21. The van der Waals surface area contributed by atoms with E-state index in [9.17, 15) is 10.1 Å². The van der Waals surface area contributed by atoms with Gasteiger partial charge in [-0.3, -0.25) is 10.1 Å². The Morgan fingerprint density at radius 1 is 1.67 bits per heavy atom. The molecule has 7 nitrogen and oxygen atoms in total. The predicted molar refractivity (Wildman–Crippen MR) is 61.1 cm³/mol. The van der Waals surface area contributed by atoms with E-state index in [1.54, 1.807) is 7.05 Å². The van der Waals surface area contributed by atoms with E-state index in [2.05, 4.69) is 5.10 Å². The second-order valence-electron chi connectivity index (χ2n) is 3.52. The number of hydrogen-bond donors (Lipinski definition) is 0. The number of halogens is 1. The molecular formula is C10H7ClN5O2+. The molecule has 2 aromatic rings. The molecule has 0 aromatic carbocycles. The summed E-state index contributed by atoms with van der Waals surface area (Å²) >= 11 is 6.00. The third-order valence-electron chi connectivity index (χ3n) is 2.29. The molecule has 0 N–H and O–H groups in total. The van der Waals surface area contributed by atoms with Gasteiger partial charge in [0.25, 0.3) is 0 Å². The first kappa shape index (κ1) is 12.0. The van der Waals surface area contributed by atoms with Gasteiger partial charge in [-0.1, -0.05) is 16.7 Å². The minimum atomic E-state index is -0.528. The fourth-order valence-electron chi connectivity index (χ4n) is 1.53. The van der Waals surface area contributed by atoms with E-state index in [-0.39, 0.29) is 10.7 Å². The second-order valence-corrected chi connectivity index (χ2v) is 3.93. The molecule has 0 saturated heterocycles. The topological polar surface area (TPSA) is 88.6 Å². The molecule has 0 saturated carbocycles. The number of nitrogens with zero attached hydrogens (tertiary/aromatic N) is 5. The number of hydrogen-bond acceptors (Lipinski definition) is 4. The maximum atomic E-state index is 10.7. The van der Waals surface area contributed by atoms with Crippen molar-refractivity contribution < 1.29 is 9.49 Å². The fourth-order valence-corrected chi connectivity index (χ4v) is 1.86. The summed E-state index contributed by atoms with van der Waals surface area (Å²) in [7, 11) is 1.61. The number of nitriles is 1. The van der Waals surface area contributed by atoms with Crippen molar-refractivity contribution in [3.05, 3.63) is 45.4 Å². The first-order valence-electron chi connectivity index (χ1n) is 4.81. The molecule has 0 amide bonds. The van der Waals surface area contributed by atoms with Gasteiger partial charge in [0.1, 0.15) is 22.9 Å². The molecule has 0 unspecified atom stereocenters. The Balaban J connectivity index is 2.59. The van der Waals surface area contributed by atoms with Crippen LogP contribution in [0.4, 0.5) is 5.69 Å². The normalized spacial score (nSPS) is 10.1. The Kier molecular flexibility index (Phi) is 2.95. The molecule has 0 spiro atoms. The summed E-state index contributed by atoms with van der Waals surface area (Å²) < 4.78 is 2.87. The highest BCUT2D eigenvalue weighted by molar-refractivity contribution is 6.32. The standard InChI is InChI=1S/C10H7ClN5O2/c1-14-6-8(16(17)18)2-9(11)10(14)15-5-7(3-12)4-13-15/h2,4-6H,1H3/q+1. The summed E-state index contributed by atoms with van der Waals surface area (Å²) in [6.07, 6.45) is 4.21. The predicted octanol–water partition coefficient (Wildman–Crippen LogP) is 1.13. The minimum absolute atomic E-state index is 0.112. The van der Waals surface area contributed by atoms with Gasteiger partial charge in [-0.2, -0.15) is 5.26 Å². The maximum Gasteiger partial charge on any atom is 0.326 e. The lowest BCUT2D eigenvalue weighted by Gasteiger charge is -2.01. The number of pyridine rings is 1. The van der Waals surface area contributed by atoms with Gasteiger partial charge in [0, 0.05) is 6.07 Å². The lowest BCUT2D eigenvalue weighted by atomic mass is 10.4. The molecule has 8 heteroatoms. The monoisotopic (exact) mass is 264 g/mol. The van der Waals surface area contributed by atoms with E-state index in [4.69, 9.17) is 16.9 Å². The Bertz CT molecular complexity index is 650.